The summed E-state index contributed by atoms with van der Waals surface area (Å²) >= 11 is 5.11. The molecule has 0 aliphatic heterocycles. The van der Waals surface area contributed by atoms with Crippen LogP contribution in [0.2, 0.25) is 0 Å². The van der Waals surface area contributed by atoms with E-state index in [9.17, 15) is 0 Å². The minimum absolute atomic E-state index is 0.287. The van der Waals surface area contributed by atoms with E-state index in [0.717, 1.165) is 15.4 Å². The molecular weight excluding hydrogens is 300 g/mol. The number of halogens is 1. The van der Waals surface area contributed by atoms with Gasteiger partial charge in [0.2, 0.25) is 5.16 Å². The molecule has 0 spiro atoms. The molecule has 0 saturated heterocycles. The van der Waals surface area contributed by atoms with Crippen molar-refractivity contribution in [3.8, 4) is 0 Å². The molecule has 0 amide bonds. The Balaban J connectivity index is 2.05. The number of rotatable bonds is 4. The van der Waals surface area contributed by atoms with Crippen molar-refractivity contribution in [2.75, 3.05) is 0 Å². The maximum absolute atomic E-state index is 4.03. The van der Waals surface area contributed by atoms with Gasteiger partial charge in [-0.05, 0) is 42.0 Å². The highest BCUT2D eigenvalue weighted by Gasteiger charge is 2.09. The summed E-state index contributed by atoms with van der Waals surface area (Å²) in [4.78, 5) is 0. The molecule has 17 heavy (non-hydrogen) atoms. The fourth-order valence-corrected chi connectivity index (χ4v) is 2.78. The molecule has 0 radical (unpaired) electrons. The lowest BCUT2D eigenvalue weighted by atomic mass is 10.2. The van der Waals surface area contributed by atoms with Gasteiger partial charge in [-0.25, -0.2) is 4.68 Å². The monoisotopic (exact) mass is 312 g/mol. The lowest BCUT2D eigenvalue weighted by Crippen LogP contribution is -2.04. The van der Waals surface area contributed by atoms with Crippen LogP contribution in [0.4, 0.5) is 0 Å². The standard InChI is InChI=1S/C11H13BrN4S/c1-8(2)16-11(13-14-15-16)17-7-9-4-3-5-10(12)6-9/h3-6,8H,7H2,1-2H3. The highest BCUT2D eigenvalue weighted by atomic mass is 79.9. The molecule has 0 aliphatic carbocycles. The zero-order valence-electron chi connectivity index (χ0n) is 9.67. The van der Waals surface area contributed by atoms with Crippen LogP contribution in [0.25, 0.3) is 0 Å². The van der Waals surface area contributed by atoms with Gasteiger partial charge in [-0.15, -0.1) is 5.10 Å². The van der Waals surface area contributed by atoms with Crippen molar-refractivity contribution in [3.05, 3.63) is 34.3 Å². The Morgan fingerprint density at radius 1 is 1.41 bits per heavy atom. The highest BCUT2D eigenvalue weighted by Crippen LogP contribution is 2.23. The normalized spacial score (nSPS) is 11.1. The minimum atomic E-state index is 0.287. The van der Waals surface area contributed by atoms with Crippen molar-refractivity contribution in [2.45, 2.75) is 30.8 Å². The number of hydrogen-bond donors (Lipinski definition) is 0. The number of nitrogens with zero attached hydrogens (tertiary/aromatic N) is 4. The molecular formula is C11H13BrN4S. The fraction of sp³-hybridized carbons (Fsp3) is 0.364. The van der Waals surface area contributed by atoms with Gasteiger partial charge >= 0.3 is 0 Å². The first-order valence-corrected chi connectivity index (χ1v) is 7.10. The number of hydrogen-bond acceptors (Lipinski definition) is 4. The first-order valence-electron chi connectivity index (χ1n) is 5.32. The van der Waals surface area contributed by atoms with Gasteiger partial charge in [0, 0.05) is 10.2 Å². The molecule has 0 aliphatic rings. The van der Waals surface area contributed by atoms with E-state index in [1.54, 1.807) is 11.8 Å². The van der Waals surface area contributed by atoms with Gasteiger partial charge in [0.25, 0.3) is 0 Å². The molecule has 0 fully saturated rings. The molecule has 0 saturated carbocycles. The van der Waals surface area contributed by atoms with Crippen molar-refractivity contribution in [3.63, 3.8) is 0 Å². The summed E-state index contributed by atoms with van der Waals surface area (Å²) in [7, 11) is 0. The predicted molar refractivity (Wildman–Crippen MR) is 71.9 cm³/mol. The smallest absolute Gasteiger partial charge is 0.209 e. The first kappa shape index (κ1) is 12.6. The lowest BCUT2D eigenvalue weighted by Gasteiger charge is -2.07. The second-order valence-electron chi connectivity index (χ2n) is 3.92. The summed E-state index contributed by atoms with van der Waals surface area (Å²) in [6, 6.07) is 8.55. The average molecular weight is 313 g/mol. The largest absolute Gasteiger partial charge is 0.218 e. The Morgan fingerprint density at radius 3 is 2.94 bits per heavy atom. The van der Waals surface area contributed by atoms with E-state index in [1.165, 1.54) is 5.56 Å². The van der Waals surface area contributed by atoms with E-state index in [4.69, 9.17) is 0 Å². The Kier molecular flexibility index (Phi) is 4.17. The van der Waals surface area contributed by atoms with Gasteiger partial charge in [-0.2, -0.15) is 0 Å². The maximum Gasteiger partial charge on any atom is 0.209 e. The first-order chi connectivity index (χ1) is 8.16. The third-order valence-electron chi connectivity index (χ3n) is 2.21. The van der Waals surface area contributed by atoms with E-state index >= 15 is 0 Å². The molecule has 0 unspecified atom stereocenters. The van der Waals surface area contributed by atoms with Crippen LogP contribution in [-0.2, 0) is 5.75 Å². The van der Waals surface area contributed by atoms with Gasteiger partial charge in [-0.1, -0.05) is 39.8 Å². The summed E-state index contributed by atoms with van der Waals surface area (Å²) in [5, 5.41) is 12.6. The Bertz CT molecular complexity index is 498. The Labute approximate surface area is 113 Å². The minimum Gasteiger partial charge on any atom is -0.218 e. The number of thioether (sulfide) groups is 1. The quantitative estimate of drug-likeness (QED) is 0.812. The molecule has 4 nitrogen and oxygen atoms in total. The molecule has 1 aromatic heterocycles. The van der Waals surface area contributed by atoms with E-state index in [-0.39, 0.29) is 6.04 Å². The SMILES string of the molecule is CC(C)n1nnnc1SCc1cccc(Br)c1. The molecule has 0 bridgehead atoms. The average Bonchev–Trinajstić information content (AvgIpc) is 2.74. The van der Waals surface area contributed by atoms with Crippen LogP contribution in [0.1, 0.15) is 25.5 Å². The van der Waals surface area contributed by atoms with Gasteiger partial charge < -0.3 is 0 Å². The van der Waals surface area contributed by atoms with Crippen molar-refractivity contribution in [2.24, 2.45) is 0 Å². The van der Waals surface area contributed by atoms with Crippen molar-refractivity contribution in [1.82, 2.24) is 20.2 Å². The molecule has 0 N–H and O–H groups in total. The van der Waals surface area contributed by atoms with E-state index in [1.807, 2.05) is 16.8 Å². The molecule has 90 valence electrons. The van der Waals surface area contributed by atoms with Gasteiger partial charge in [0.15, 0.2) is 0 Å². The van der Waals surface area contributed by atoms with Gasteiger partial charge in [-0.3, -0.25) is 0 Å². The van der Waals surface area contributed by atoms with Gasteiger partial charge in [0.05, 0.1) is 6.04 Å². The van der Waals surface area contributed by atoms with Crippen LogP contribution in [0.15, 0.2) is 33.9 Å². The van der Waals surface area contributed by atoms with Crippen molar-refractivity contribution in [1.29, 1.82) is 0 Å². The molecule has 1 heterocycles. The van der Waals surface area contributed by atoms with Crippen LogP contribution in [0.5, 0.6) is 0 Å². The summed E-state index contributed by atoms with van der Waals surface area (Å²) < 4.78 is 2.93. The summed E-state index contributed by atoms with van der Waals surface area (Å²) in [5.74, 6) is 0.868. The van der Waals surface area contributed by atoms with E-state index in [0.29, 0.717) is 0 Å². The van der Waals surface area contributed by atoms with Crippen LogP contribution in [0.3, 0.4) is 0 Å². The number of tetrazole rings is 1. The van der Waals surface area contributed by atoms with E-state index in [2.05, 4.69) is 57.4 Å². The molecule has 2 rings (SSSR count). The third kappa shape index (κ3) is 3.29. The summed E-state index contributed by atoms with van der Waals surface area (Å²) in [6.45, 7) is 4.14. The van der Waals surface area contributed by atoms with Crippen molar-refractivity contribution >= 4 is 27.7 Å². The van der Waals surface area contributed by atoms with Gasteiger partial charge in [0.1, 0.15) is 0 Å². The van der Waals surface area contributed by atoms with Crippen LogP contribution < -0.4 is 0 Å². The summed E-state index contributed by atoms with van der Waals surface area (Å²) in [5.41, 5.74) is 1.25. The highest BCUT2D eigenvalue weighted by molar-refractivity contribution is 9.10. The Morgan fingerprint density at radius 2 is 2.24 bits per heavy atom. The van der Waals surface area contributed by atoms with E-state index < -0.39 is 0 Å². The fourth-order valence-electron chi connectivity index (χ4n) is 1.38. The molecule has 6 heteroatoms. The number of benzene rings is 1. The van der Waals surface area contributed by atoms with Crippen molar-refractivity contribution < 1.29 is 0 Å². The second kappa shape index (κ2) is 5.64. The lowest BCUT2D eigenvalue weighted by molar-refractivity contribution is 0.477. The molecule has 1 aromatic carbocycles. The Hall–Kier alpha value is -0.880. The molecule has 0 atom stereocenters. The van der Waals surface area contributed by atoms with Crippen LogP contribution in [0, 0.1) is 0 Å². The zero-order valence-corrected chi connectivity index (χ0v) is 12.1. The number of aromatic nitrogens is 4. The van der Waals surface area contributed by atoms with Crippen LogP contribution >= 0.6 is 27.7 Å². The zero-order chi connectivity index (χ0) is 12.3. The predicted octanol–water partition coefficient (Wildman–Crippen LogP) is 3.31. The summed E-state index contributed by atoms with van der Waals surface area (Å²) in [6.07, 6.45) is 0. The molecule has 2 aromatic rings. The second-order valence-corrected chi connectivity index (χ2v) is 5.78. The third-order valence-corrected chi connectivity index (χ3v) is 3.71. The topological polar surface area (TPSA) is 43.6 Å². The van der Waals surface area contributed by atoms with Crippen LogP contribution in [-0.4, -0.2) is 20.2 Å². The maximum atomic E-state index is 4.03.